The number of nitrogens with zero attached hydrogens (tertiary/aromatic N) is 4. The maximum Gasteiger partial charge on any atom is 0.226 e. The van der Waals surface area contributed by atoms with Crippen molar-refractivity contribution in [1.82, 2.24) is 19.8 Å². The molecule has 2 aromatic carbocycles. The molecule has 2 aliphatic carbocycles. The first-order chi connectivity index (χ1) is 24.3. The lowest BCUT2D eigenvalue weighted by atomic mass is 9.79. The maximum absolute atomic E-state index is 17.2. The number of nitriles is 1. The van der Waals surface area contributed by atoms with E-state index in [-0.39, 0.29) is 53.1 Å². The summed E-state index contributed by atoms with van der Waals surface area (Å²) in [6, 6.07) is 12.0. The van der Waals surface area contributed by atoms with E-state index in [9.17, 15) is 10.1 Å². The van der Waals surface area contributed by atoms with E-state index < -0.39 is 5.82 Å². The summed E-state index contributed by atoms with van der Waals surface area (Å²) >= 11 is 13.1. The Kier molecular flexibility index (Phi) is 8.32. The van der Waals surface area contributed by atoms with Gasteiger partial charge in [-0.05, 0) is 75.1 Å². The van der Waals surface area contributed by atoms with Gasteiger partial charge in [0.15, 0.2) is 5.82 Å². The van der Waals surface area contributed by atoms with Gasteiger partial charge in [0.25, 0.3) is 0 Å². The molecule has 4 aliphatic heterocycles. The van der Waals surface area contributed by atoms with Gasteiger partial charge in [-0.1, -0.05) is 35.3 Å². The van der Waals surface area contributed by atoms with Gasteiger partial charge in [-0.2, -0.15) is 5.26 Å². The van der Waals surface area contributed by atoms with E-state index in [0.717, 1.165) is 60.9 Å². The molecule has 6 fully saturated rings. The van der Waals surface area contributed by atoms with Gasteiger partial charge in [-0.3, -0.25) is 4.79 Å². The first-order valence-corrected chi connectivity index (χ1v) is 18.8. The zero-order valence-electron chi connectivity index (χ0n) is 28.1. The van der Waals surface area contributed by atoms with Crippen molar-refractivity contribution in [2.75, 3.05) is 26.3 Å². The third-order valence-corrected chi connectivity index (χ3v) is 12.6. The highest BCUT2D eigenvalue weighted by Crippen LogP contribution is 2.51. The van der Waals surface area contributed by atoms with Gasteiger partial charge in [0.1, 0.15) is 5.52 Å². The largest absolute Gasteiger partial charge is 0.381 e. The zero-order valence-corrected chi connectivity index (χ0v) is 29.6. The van der Waals surface area contributed by atoms with E-state index in [1.807, 2.05) is 13.0 Å². The molecule has 8 nitrogen and oxygen atoms in total. The van der Waals surface area contributed by atoms with Crippen molar-refractivity contribution in [3.63, 3.8) is 0 Å². The van der Waals surface area contributed by atoms with Crippen molar-refractivity contribution < 1.29 is 18.7 Å². The SMILES string of the molecule is Cc1nc2c(F)c(-c3cccc(Cl)c3Cl)c(CCC#N)cc2c2c1cc([C@H]1C[C@H](OC3CCOCC3)CN1C(=O)C1CC1)n2[C@H]1[C@H]2CN[C@@H]1C2. The van der Waals surface area contributed by atoms with Crippen molar-refractivity contribution >= 4 is 50.9 Å². The topological polar surface area (TPSA) is 92.4 Å². The van der Waals surface area contributed by atoms with E-state index in [1.165, 1.54) is 0 Å². The molecular formula is C39H40Cl2FN5O3. The van der Waals surface area contributed by atoms with Crippen LogP contribution in [0.2, 0.25) is 10.0 Å². The summed E-state index contributed by atoms with van der Waals surface area (Å²) in [6.45, 7) is 4.85. The van der Waals surface area contributed by atoms with Crippen LogP contribution in [0.5, 0.6) is 0 Å². The number of pyridine rings is 1. The molecule has 2 saturated carbocycles. The lowest BCUT2D eigenvalue weighted by Crippen LogP contribution is -2.41. The van der Waals surface area contributed by atoms with Gasteiger partial charge in [0.05, 0.1) is 45.9 Å². The summed E-state index contributed by atoms with van der Waals surface area (Å²) in [5, 5.41) is 15.6. The number of amides is 1. The Bertz CT molecular complexity index is 2050. The normalized spacial score (nSPS) is 26.5. The van der Waals surface area contributed by atoms with E-state index in [0.29, 0.717) is 71.7 Å². The Morgan fingerprint density at radius 3 is 2.68 bits per heavy atom. The van der Waals surface area contributed by atoms with Crippen LogP contribution < -0.4 is 5.32 Å². The molecule has 11 heteroatoms. The molecular weight excluding hydrogens is 676 g/mol. The summed E-state index contributed by atoms with van der Waals surface area (Å²) < 4.78 is 31.9. The van der Waals surface area contributed by atoms with Gasteiger partial charge >= 0.3 is 0 Å². The Morgan fingerprint density at radius 2 is 1.96 bits per heavy atom. The fraction of sp³-hybridized carbons (Fsp3) is 0.513. The average Bonchev–Trinajstić information content (AvgIpc) is 3.40. The van der Waals surface area contributed by atoms with E-state index in [1.54, 1.807) is 18.2 Å². The number of ether oxygens (including phenoxy) is 2. The molecule has 5 atom stereocenters. The van der Waals surface area contributed by atoms with Gasteiger partial charge in [-0.25, -0.2) is 9.37 Å². The number of hydrogen-bond donors (Lipinski definition) is 1. The molecule has 10 rings (SSSR count). The molecule has 4 saturated heterocycles. The first-order valence-electron chi connectivity index (χ1n) is 18.1. The monoisotopic (exact) mass is 715 g/mol. The minimum atomic E-state index is -0.468. The highest BCUT2D eigenvalue weighted by atomic mass is 35.5. The molecule has 1 N–H and O–H groups in total. The summed E-state index contributed by atoms with van der Waals surface area (Å²) in [5.74, 6) is 0.266. The maximum atomic E-state index is 17.2. The number of carbonyl (C=O) groups is 1. The van der Waals surface area contributed by atoms with Crippen LogP contribution in [0, 0.1) is 35.9 Å². The van der Waals surface area contributed by atoms with Crippen LogP contribution in [-0.2, 0) is 20.7 Å². The number of carbonyl (C=O) groups excluding carboxylic acids is 1. The summed E-state index contributed by atoms with van der Waals surface area (Å²) in [5.41, 5.74) is 4.53. The quantitative estimate of drug-likeness (QED) is 0.200. The fourth-order valence-electron chi connectivity index (χ4n) is 9.17. The van der Waals surface area contributed by atoms with Gasteiger partial charge in [-0.15, -0.1) is 0 Å². The van der Waals surface area contributed by atoms with Crippen LogP contribution in [0.1, 0.15) is 74.0 Å². The van der Waals surface area contributed by atoms with Crippen LogP contribution in [0.25, 0.3) is 32.9 Å². The van der Waals surface area contributed by atoms with Crippen LogP contribution in [0.15, 0.2) is 30.3 Å². The third-order valence-electron chi connectivity index (χ3n) is 11.8. The summed E-state index contributed by atoms with van der Waals surface area (Å²) in [7, 11) is 0. The highest BCUT2D eigenvalue weighted by Gasteiger charge is 2.51. The van der Waals surface area contributed by atoms with Crippen molar-refractivity contribution in [1.29, 1.82) is 5.26 Å². The summed E-state index contributed by atoms with van der Waals surface area (Å²) in [4.78, 5) is 21.0. The number of hydrogen-bond acceptors (Lipinski definition) is 6. The summed E-state index contributed by atoms with van der Waals surface area (Å²) in [6.07, 6.45) is 6.05. The number of fused-ring (bicyclic) bond motifs is 4. The van der Waals surface area contributed by atoms with Crippen molar-refractivity contribution in [3.8, 4) is 17.2 Å². The zero-order chi connectivity index (χ0) is 34.3. The average molecular weight is 717 g/mol. The van der Waals surface area contributed by atoms with Crippen molar-refractivity contribution in [2.24, 2.45) is 11.8 Å². The first kappa shape index (κ1) is 32.6. The predicted octanol–water partition coefficient (Wildman–Crippen LogP) is 7.85. The molecule has 0 unspecified atom stereocenters. The second-order valence-electron chi connectivity index (χ2n) is 14.9. The van der Waals surface area contributed by atoms with Crippen LogP contribution in [-0.4, -0.2) is 64.9 Å². The standard InChI is InChI=1S/C39H40Cl2FN5O3/c1-20-27-17-32(31-16-25(50-24-9-12-49-13-10-24)19-46(31)39(48)21-7-8-21)47(37-23-15-30(37)44-18-23)38(27)28-14-22(4-3-11-43)33(35(42)36(28)45-20)26-5-2-6-29(40)34(26)41/h2,5-6,14,17,21,23-25,30-31,37,44H,3-4,7-10,12-13,15-16,18-19H2,1H3/t23-,25+,30-,31-,37+/m1/s1. The van der Waals surface area contributed by atoms with Crippen LogP contribution in [0.4, 0.5) is 4.39 Å². The number of rotatable bonds is 8. The Morgan fingerprint density at radius 1 is 1.14 bits per heavy atom. The van der Waals surface area contributed by atoms with Crippen molar-refractivity contribution in [3.05, 3.63) is 63.1 Å². The van der Waals surface area contributed by atoms with Gasteiger partial charge < -0.3 is 24.3 Å². The van der Waals surface area contributed by atoms with E-state index in [2.05, 4.69) is 26.9 Å². The predicted molar refractivity (Wildman–Crippen MR) is 191 cm³/mol. The number of aryl methyl sites for hydroxylation is 2. The number of benzene rings is 2. The second kappa shape index (κ2) is 12.8. The van der Waals surface area contributed by atoms with Gasteiger partial charge in [0.2, 0.25) is 5.91 Å². The molecule has 2 bridgehead atoms. The van der Waals surface area contributed by atoms with E-state index in [4.69, 9.17) is 37.7 Å². The fourth-order valence-corrected chi connectivity index (χ4v) is 9.56. The highest BCUT2D eigenvalue weighted by molar-refractivity contribution is 6.43. The van der Waals surface area contributed by atoms with Crippen LogP contribution in [0.3, 0.4) is 0 Å². The minimum Gasteiger partial charge on any atom is -0.381 e. The minimum absolute atomic E-state index is 0.0653. The molecule has 260 valence electrons. The smallest absolute Gasteiger partial charge is 0.226 e. The molecule has 6 aliphatic rings. The molecule has 1 amide bonds. The lowest BCUT2D eigenvalue weighted by Gasteiger charge is -2.39. The number of aromatic nitrogens is 2. The lowest BCUT2D eigenvalue weighted by molar-refractivity contribution is -0.134. The van der Waals surface area contributed by atoms with Crippen molar-refractivity contribution in [2.45, 2.75) is 88.6 Å². The number of likely N-dealkylation sites (tertiary alicyclic amines) is 1. The Hall–Kier alpha value is -3.26. The molecule has 0 spiro atoms. The Labute approximate surface area is 300 Å². The molecule has 0 radical (unpaired) electrons. The Balaban J connectivity index is 1.25. The molecule has 2 aromatic heterocycles. The number of nitrogens with one attached hydrogen (secondary N) is 1. The van der Waals surface area contributed by atoms with Gasteiger partial charge in [0, 0.05) is 84.4 Å². The molecule has 50 heavy (non-hydrogen) atoms. The molecule has 4 aromatic rings. The van der Waals surface area contributed by atoms with E-state index >= 15 is 4.39 Å². The second-order valence-corrected chi connectivity index (χ2v) is 15.7. The van der Waals surface area contributed by atoms with Crippen LogP contribution >= 0.6 is 23.2 Å². The third kappa shape index (κ3) is 5.33. The number of halogens is 3. The molecule has 6 heterocycles.